The van der Waals surface area contributed by atoms with Gasteiger partial charge in [0.25, 0.3) is 0 Å². The summed E-state index contributed by atoms with van der Waals surface area (Å²) in [6.07, 6.45) is 7.68. The van der Waals surface area contributed by atoms with Crippen molar-refractivity contribution < 1.29 is 73.8 Å². The second-order valence-electron chi connectivity index (χ2n) is 10.9. The van der Waals surface area contributed by atoms with Crippen LogP contribution in [0.3, 0.4) is 0 Å². The third kappa shape index (κ3) is 6.07. The molecule has 0 spiro atoms. The Morgan fingerprint density at radius 3 is 0.974 bits per heavy atom. The molecule has 0 aliphatic heterocycles. The van der Waals surface area contributed by atoms with Crippen LogP contribution in [0.25, 0.3) is 22.3 Å². The normalized spacial score (nSPS) is 14.5. The number of fused-ring (bicyclic) bond motifs is 6. The molecule has 3 heteroatoms. The first-order chi connectivity index (χ1) is 17.8. The predicted molar refractivity (Wildman–Crippen MR) is 153 cm³/mol. The molecule has 0 amide bonds. The van der Waals surface area contributed by atoms with Crippen molar-refractivity contribution in [1.29, 1.82) is 0 Å². The van der Waals surface area contributed by atoms with Crippen LogP contribution in [0.2, 0.25) is 0 Å². The van der Waals surface area contributed by atoms with E-state index in [1.165, 1.54) is 60.8 Å². The van der Waals surface area contributed by atoms with Crippen molar-refractivity contribution in [2.24, 2.45) is 11.8 Å². The Morgan fingerprint density at radius 1 is 0.462 bits per heavy atom. The van der Waals surface area contributed by atoms with Gasteiger partial charge in [-0.15, -0.1) is 0 Å². The molecule has 0 nitrogen and oxygen atoms in total. The largest absolute Gasteiger partial charge is 1.00 e. The Balaban J connectivity index is 0.00000140. The average molecular weight is 903 g/mol. The van der Waals surface area contributed by atoms with Crippen LogP contribution >= 0.6 is 0 Å². The number of hydrogen-bond acceptors (Lipinski definition) is 0. The summed E-state index contributed by atoms with van der Waals surface area (Å²) >= 11 is 0. The zero-order valence-corrected chi connectivity index (χ0v) is 31.0. The maximum absolute atomic E-state index is 2.42. The van der Waals surface area contributed by atoms with Crippen LogP contribution in [0.1, 0.15) is 86.5 Å². The summed E-state index contributed by atoms with van der Waals surface area (Å²) < 4.78 is 0. The first-order valence-electron chi connectivity index (χ1n) is 14.2. The average Bonchev–Trinajstić information content (AvgIpc) is 3.44. The van der Waals surface area contributed by atoms with E-state index in [0.717, 1.165) is 0 Å². The fourth-order valence-corrected chi connectivity index (χ4v) is 7.45. The number of halogens is 2. The van der Waals surface area contributed by atoms with E-state index in [1.54, 1.807) is 22.3 Å². The van der Waals surface area contributed by atoms with Gasteiger partial charge in [-0.1, -0.05) is 137 Å². The number of hydrogen-bond donors (Lipinski definition) is 0. The van der Waals surface area contributed by atoms with E-state index < -0.39 is 0 Å². The summed E-state index contributed by atoms with van der Waals surface area (Å²) in [6, 6.07) is 37.0. The Morgan fingerprint density at radius 2 is 0.718 bits per heavy atom. The molecular weight excluding hydrogens is 865 g/mol. The second kappa shape index (κ2) is 14.9. The first kappa shape index (κ1) is 32.7. The smallest absolute Gasteiger partial charge is 0.0133 e. The summed E-state index contributed by atoms with van der Waals surface area (Å²) in [5, 5.41) is 0. The molecule has 6 rings (SSSR count). The van der Waals surface area contributed by atoms with Crippen LogP contribution in [-0.4, -0.2) is 0 Å². The molecule has 0 saturated heterocycles. The van der Waals surface area contributed by atoms with Gasteiger partial charge in [-0.2, -0.15) is 0 Å². The molecule has 2 aliphatic rings. The molecule has 4 aromatic rings. The Hall–Kier alpha value is -0.790. The molecule has 0 N–H and O–H groups in total. The van der Waals surface area contributed by atoms with Gasteiger partial charge < -0.3 is 48.0 Å². The summed E-state index contributed by atoms with van der Waals surface area (Å²) in [7, 11) is 0. The third-order valence-corrected chi connectivity index (χ3v) is 8.95. The predicted octanol–water partition coefficient (Wildman–Crippen LogP) is 4.23. The van der Waals surface area contributed by atoms with Gasteiger partial charge >= 0.3 is 0 Å². The number of rotatable bonds is 9. The fraction of sp³-hybridized carbons (Fsp3) is 0.333. The monoisotopic (exact) mass is 904 g/mol. The van der Waals surface area contributed by atoms with Crippen LogP contribution in [-0.2, 0) is 25.8 Å². The van der Waals surface area contributed by atoms with Crippen molar-refractivity contribution in [3.63, 3.8) is 0 Å². The summed E-state index contributed by atoms with van der Waals surface area (Å²) in [5.74, 6) is 2.19. The Labute approximate surface area is 288 Å². The molecule has 39 heavy (non-hydrogen) atoms. The van der Waals surface area contributed by atoms with Gasteiger partial charge in [0.15, 0.2) is 0 Å². The van der Waals surface area contributed by atoms with Crippen molar-refractivity contribution in [1.82, 2.24) is 0 Å². The fourth-order valence-electron chi connectivity index (χ4n) is 7.45. The van der Waals surface area contributed by atoms with Crippen LogP contribution in [0, 0.1) is 11.8 Å². The summed E-state index contributed by atoms with van der Waals surface area (Å²) in [5.41, 5.74) is 12.1. The number of unbranched alkanes of at least 4 members (excludes halogenated alkanes) is 2. The van der Waals surface area contributed by atoms with Gasteiger partial charge in [0.1, 0.15) is 0 Å². The molecule has 0 heterocycles. The van der Waals surface area contributed by atoms with Crippen molar-refractivity contribution in [2.75, 3.05) is 0 Å². The molecule has 0 bridgehead atoms. The molecule has 0 radical (unpaired) electrons. The molecule has 2 aliphatic carbocycles. The topological polar surface area (TPSA) is 0 Å². The van der Waals surface area contributed by atoms with E-state index in [9.17, 15) is 0 Å². The maximum Gasteiger partial charge on any atom is 0.0133 e. The van der Waals surface area contributed by atoms with E-state index >= 15 is 0 Å². The van der Waals surface area contributed by atoms with Crippen LogP contribution in [0.4, 0.5) is 0 Å². The summed E-state index contributed by atoms with van der Waals surface area (Å²) in [6.45, 7) is 4.71. The van der Waals surface area contributed by atoms with Crippen molar-refractivity contribution in [3.8, 4) is 22.3 Å². The standard InChI is InChI=1S/C36H38.Hf.2HI/c1-3-5-15-33(35-29-21-11-7-17-25(29)26-18-8-12-22-30(26)35)34(16-6-4-2)36-31-23-13-9-19-27(31)28-20-10-14-24-32(28)36;;;/h7-14,17-24,33-36H,3-6,15-16H2,1-2H3;;2*1H/p-2. The van der Waals surface area contributed by atoms with Crippen LogP contribution in [0.15, 0.2) is 97.1 Å². The van der Waals surface area contributed by atoms with Gasteiger partial charge in [0.05, 0.1) is 0 Å². The van der Waals surface area contributed by atoms with Crippen LogP contribution < -0.4 is 48.0 Å². The van der Waals surface area contributed by atoms with E-state index in [4.69, 9.17) is 0 Å². The van der Waals surface area contributed by atoms with Crippen molar-refractivity contribution in [3.05, 3.63) is 119 Å². The molecule has 2 atom stereocenters. The third-order valence-electron chi connectivity index (χ3n) is 8.95. The molecule has 2 unspecified atom stereocenters. The quantitative estimate of drug-likeness (QED) is 0.175. The van der Waals surface area contributed by atoms with Crippen molar-refractivity contribution in [2.45, 2.75) is 64.2 Å². The van der Waals surface area contributed by atoms with Crippen LogP contribution in [0.5, 0.6) is 0 Å². The number of benzene rings is 4. The Kier molecular flexibility index (Phi) is 12.5. The first-order valence-corrected chi connectivity index (χ1v) is 14.2. The van der Waals surface area contributed by atoms with Gasteiger partial charge in [-0.3, -0.25) is 0 Å². The van der Waals surface area contributed by atoms with Gasteiger partial charge in [0, 0.05) is 37.7 Å². The Bertz CT molecular complexity index is 1170. The zero-order valence-electron chi connectivity index (χ0n) is 23.0. The van der Waals surface area contributed by atoms with E-state index in [0.29, 0.717) is 23.7 Å². The summed E-state index contributed by atoms with van der Waals surface area (Å²) in [4.78, 5) is 0. The van der Waals surface area contributed by atoms with Gasteiger partial charge in [0.2, 0.25) is 0 Å². The molecule has 0 aromatic heterocycles. The van der Waals surface area contributed by atoms with E-state index in [2.05, 4.69) is 111 Å². The maximum atomic E-state index is 2.42. The SMILES string of the molecule is CCCCC(C1c2ccccc2-c2ccccc21)C(CCCC)C1c2ccccc2-c2ccccc21.[Hf].[I-].[I-]. The molecule has 0 fully saturated rings. The van der Waals surface area contributed by atoms with E-state index in [1.807, 2.05) is 0 Å². The van der Waals surface area contributed by atoms with Gasteiger partial charge in [-0.25, -0.2) is 0 Å². The van der Waals surface area contributed by atoms with Gasteiger partial charge in [-0.05, 0) is 69.2 Å². The zero-order chi connectivity index (χ0) is 24.5. The minimum absolute atomic E-state index is 0. The van der Waals surface area contributed by atoms with E-state index in [-0.39, 0.29) is 73.8 Å². The molecule has 0 saturated carbocycles. The minimum atomic E-state index is 0. The second-order valence-corrected chi connectivity index (χ2v) is 10.9. The van der Waals surface area contributed by atoms with Crippen molar-refractivity contribution >= 4 is 0 Å². The molecule has 4 aromatic carbocycles. The minimum Gasteiger partial charge on any atom is -1.00 e. The molecule has 202 valence electrons. The molecular formula is C36H38HfI2-2.